The molecule has 0 radical (unpaired) electrons. The minimum Gasteiger partial charge on any atom is -0.398 e. The van der Waals surface area contributed by atoms with Gasteiger partial charge in [0.25, 0.3) is 0 Å². The number of anilines is 2. The molecule has 2 rings (SSSR count). The van der Waals surface area contributed by atoms with E-state index >= 15 is 0 Å². The second-order valence-electron chi connectivity index (χ2n) is 6.06. The fourth-order valence-corrected chi connectivity index (χ4v) is 4.32. The first-order valence-corrected chi connectivity index (χ1v) is 9.66. The number of hydrogen-bond donors (Lipinski definition) is 2. The van der Waals surface area contributed by atoms with Crippen molar-refractivity contribution in [3.05, 3.63) is 47.5 Å². The van der Waals surface area contributed by atoms with E-state index in [4.69, 9.17) is 11.5 Å². The van der Waals surface area contributed by atoms with Crippen molar-refractivity contribution in [1.29, 1.82) is 0 Å². The van der Waals surface area contributed by atoms with Crippen LogP contribution in [0, 0.1) is 0 Å². The Labute approximate surface area is 141 Å². The van der Waals surface area contributed by atoms with Crippen LogP contribution < -0.4 is 11.5 Å². The molecule has 0 spiro atoms. The maximum atomic E-state index is 6.10. The normalized spacial score (nSPS) is 11.4. The predicted molar refractivity (Wildman–Crippen MR) is 102 cm³/mol. The predicted octanol–water partition coefficient (Wildman–Crippen LogP) is 5.90. The lowest BCUT2D eigenvalue weighted by Crippen LogP contribution is -1.96. The first-order valence-electron chi connectivity index (χ1n) is 7.52. The van der Waals surface area contributed by atoms with Crippen LogP contribution in [0.1, 0.15) is 50.7 Å². The van der Waals surface area contributed by atoms with E-state index in [1.165, 1.54) is 16.0 Å². The van der Waals surface area contributed by atoms with Crippen LogP contribution in [0.2, 0.25) is 0 Å². The SMILES string of the molecule is CC(C)c1ccc(N)c(SSc2ccc(N)c(C(C)C)c2)c1. The van der Waals surface area contributed by atoms with Gasteiger partial charge in [-0.1, -0.05) is 55.3 Å². The lowest BCUT2D eigenvalue weighted by Gasteiger charge is -2.12. The zero-order valence-corrected chi connectivity index (χ0v) is 15.2. The molecule has 0 atom stereocenters. The van der Waals surface area contributed by atoms with Crippen molar-refractivity contribution < 1.29 is 0 Å². The molecule has 0 aromatic heterocycles. The lowest BCUT2D eigenvalue weighted by atomic mass is 10.0. The highest BCUT2D eigenvalue weighted by Gasteiger charge is 2.09. The summed E-state index contributed by atoms with van der Waals surface area (Å²) >= 11 is 0. The molecule has 0 saturated heterocycles. The monoisotopic (exact) mass is 332 g/mol. The molecule has 0 heterocycles. The van der Waals surface area contributed by atoms with Gasteiger partial charge in [-0.3, -0.25) is 0 Å². The number of benzene rings is 2. The third kappa shape index (κ3) is 4.14. The first-order chi connectivity index (χ1) is 10.4. The summed E-state index contributed by atoms with van der Waals surface area (Å²) in [6, 6.07) is 12.5. The molecule has 0 aliphatic carbocycles. The molecular weight excluding hydrogens is 308 g/mol. The molecule has 0 aliphatic heterocycles. The van der Waals surface area contributed by atoms with E-state index in [1.807, 2.05) is 12.1 Å². The van der Waals surface area contributed by atoms with Crippen LogP contribution >= 0.6 is 21.6 Å². The second kappa shape index (κ2) is 7.34. The van der Waals surface area contributed by atoms with Crippen molar-refractivity contribution in [3.63, 3.8) is 0 Å². The highest BCUT2D eigenvalue weighted by Crippen LogP contribution is 2.42. The molecule has 0 amide bonds. The van der Waals surface area contributed by atoms with Gasteiger partial charge in [-0.05, 0) is 53.3 Å². The lowest BCUT2D eigenvalue weighted by molar-refractivity contribution is 0.863. The summed E-state index contributed by atoms with van der Waals surface area (Å²) in [5, 5.41) is 0. The molecule has 0 saturated carbocycles. The Balaban J connectivity index is 2.16. The minimum atomic E-state index is 0.430. The molecule has 2 nitrogen and oxygen atoms in total. The van der Waals surface area contributed by atoms with E-state index in [2.05, 4.69) is 52.0 Å². The van der Waals surface area contributed by atoms with Gasteiger partial charge < -0.3 is 11.5 Å². The van der Waals surface area contributed by atoms with Gasteiger partial charge >= 0.3 is 0 Å². The van der Waals surface area contributed by atoms with Gasteiger partial charge in [0.2, 0.25) is 0 Å². The van der Waals surface area contributed by atoms with Crippen molar-refractivity contribution in [3.8, 4) is 0 Å². The van der Waals surface area contributed by atoms with Gasteiger partial charge in [-0.25, -0.2) is 0 Å². The Morgan fingerprint density at radius 2 is 1.45 bits per heavy atom. The third-order valence-corrected chi connectivity index (χ3v) is 6.04. The maximum Gasteiger partial charge on any atom is 0.0461 e. The zero-order valence-electron chi connectivity index (χ0n) is 13.6. The van der Waals surface area contributed by atoms with Gasteiger partial charge in [0.05, 0.1) is 0 Å². The summed E-state index contributed by atoms with van der Waals surface area (Å²) in [5.74, 6) is 0.939. The van der Waals surface area contributed by atoms with Crippen molar-refractivity contribution in [1.82, 2.24) is 0 Å². The number of nitrogens with two attached hydrogens (primary N) is 2. The zero-order chi connectivity index (χ0) is 16.3. The third-order valence-electron chi connectivity index (χ3n) is 3.61. The Morgan fingerprint density at radius 1 is 0.773 bits per heavy atom. The summed E-state index contributed by atoms with van der Waals surface area (Å²) in [6.07, 6.45) is 0. The highest BCUT2D eigenvalue weighted by atomic mass is 33.1. The summed E-state index contributed by atoms with van der Waals surface area (Å²) in [4.78, 5) is 2.33. The molecule has 0 aliphatic rings. The molecule has 4 N–H and O–H groups in total. The number of rotatable bonds is 5. The molecular formula is C18H24N2S2. The molecule has 2 aromatic rings. The number of nitrogen functional groups attached to an aromatic ring is 2. The largest absolute Gasteiger partial charge is 0.398 e. The van der Waals surface area contributed by atoms with Crippen LogP contribution in [0.4, 0.5) is 11.4 Å². The van der Waals surface area contributed by atoms with Gasteiger partial charge in [0.15, 0.2) is 0 Å². The van der Waals surface area contributed by atoms with Crippen LogP contribution in [0.5, 0.6) is 0 Å². The van der Waals surface area contributed by atoms with Crippen molar-refractivity contribution in [2.24, 2.45) is 0 Å². The van der Waals surface area contributed by atoms with Crippen LogP contribution in [0.15, 0.2) is 46.2 Å². The fraction of sp³-hybridized carbons (Fsp3) is 0.333. The Morgan fingerprint density at radius 3 is 2.09 bits per heavy atom. The van der Waals surface area contributed by atoms with Crippen LogP contribution in [0.3, 0.4) is 0 Å². The fourth-order valence-electron chi connectivity index (χ4n) is 2.18. The van der Waals surface area contributed by atoms with E-state index < -0.39 is 0 Å². The standard InChI is InChI=1S/C18H24N2S2/c1-11(2)13-5-7-17(20)18(9-13)22-21-14-6-8-16(19)15(10-14)12(3)4/h5-12H,19-20H2,1-4H3. The van der Waals surface area contributed by atoms with Crippen molar-refractivity contribution in [2.75, 3.05) is 11.5 Å². The van der Waals surface area contributed by atoms with Gasteiger partial charge in [-0.2, -0.15) is 0 Å². The average Bonchev–Trinajstić information content (AvgIpc) is 2.47. The van der Waals surface area contributed by atoms with Crippen LogP contribution in [0.25, 0.3) is 0 Å². The van der Waals surface area contributed by atoms with Crippen molar-refractivity contribution in [2.45, 2.75) is 49.3 Å². The highest BCUT2D eigenvalue weighted by molar-refractivity contribution is 8.76. The van der Waals surface area contributed by atoms with E-state index in [9.17, 15) is 0 Å². The molecule has 0 fully saturated rings. The van der Waals surface area contributed by atoms with E-state index in [1.54, 1.807) is 21.6 Å². The summed E-state index contributed by atoms with van der Waals surface area (Å²) in [7, 11) is 3.44. The van der Waals surface area contributed by atoms with Crippen LogP contribution in [-0.2, 0) is 0 Å². The van der Waals surface area contributed by atoms with Gasteiger partial charge in [-0.15, -0.1) is 0 Å². The molecule has 0 unspecified atom stereocenters. The topological polar surface area (TPSA) is 52.0 Å². The molecule has 4 heteroatoms. The Bertz CT molecular complexity index is 652. The maximum absolute atomic E-state index is 6.10. The average molecular weight is 333 g/mol. The van der Waals surface area contributed by atoms with E-state index in [0.29, 0.717) is 11.8 Å². The first kappa shape index (κ1) is 17.1. The smallest absolute Gasteiger partial charge is 0.0461 e. The van der Waals surface area contributed by atoms with Crippen LogP contribution in [-0.4, -0.2) is 0 Å². The summed E-state index contributed by atoms with van der Waals surface area (Å²) in [5.41, 5.74) is 16.4. The molecule has 0 bridgehead atoms. The van der Waals surface area contributed by atoms with Gasteiger partial charge in [0, 0.05) is 21.2 Å². The molecule has 2 aromatic carbocycles. The van der Waals surface area contributed by atoms with Crippen molar-refractivity contribution >= 4 is 33.0 Å². The van der Waals surface area contributed by atoms with Gasteiger partial charge in [0.1, 0.15) is 0 Å². The Hall–Kier alpha value is -1.26. The van der Waals surface area contributed by atoms with E-state index in [0.717, 1.165) is 16.3 Å². The second-order valence-corrected chi connectivity index (χ2v) is 8.31. The molecule has 22 heavy (non-hydrogen) atoms. The summed E-state index contributed by atoms with van der Waals surface area (Å²) < 4.78 is 0. The summed E-state index contributed by atoms with van der Waals surface area (Å²) in [6.45, 7) is 8.72. The van der Waals surface area contributed by atoms with E-state index in [-0.39, 0.29) is 0 Å². The minimum absolute atomic E-state index is 0.430. The Kier molecular flexibility index (Phi) is 5.70. The quantitative estimate of drug-likeness (QED) is 0.529. The number of hydrogen-bond acceptors (Lipinski definition) is 4. The molecule has 118 valence electrons.